The number of aliphatic hydroxyl groups excluding tert-OH is 1. The maximum Gasteiger partial charge on any atom is 0.287 e. The summed E-state index contributed by atoms with van der Waals surface area (Å²) in [4.78, 5) is 12.0. The molecule has 4 heteroatoms. The van der Waals surface area contributed by atoms with Gasteiger partial charge in [0.2, 0.25) is 0 Å². The number of rotatable bonds is 4. The molecule has 0 saturated carbocycles. The molecule has 0 aliphatic heterocycles. The Kier molecular flexibility index (Phi) is 3.67. The topological polar surface area (TPSA) is 62.5 Å². The average Bonchev–Trinajstić information content (AvgIpc) is 2.81. The molecule has 4 nitrogen and oxygen atoms in total. The van der Waals surface area contributed by atoms with Crippen LogP contribution >= 0.6 is 0 Å². The van der Waals surface area contributed by atoms with Gasteiger partial charge in [0.15, 0.2) is 5.76 Å². The van der Waals surface area contributed by atoms with Crippen LogP contribution in [0, 0.1) is 5.92 Å². The molecule has 0 aliphatic carbocycles. The third-order valence-corrected chi connectivity index (χ3v) is 3.15. The first kappa shape index (κ1) is 12.6. The summed E-state index contributed by atoms with van der Waals surface area (Å²) in [5, 5.41) is 12.8. The van der Waals surface area contributed by atoms with E-state index in [9.17, 15) is 4.79 Å². The molecule has 2 unspecified atom stereocenters. The molecule has 0 spiro atoms. The summed E-state index contributed by atoms with van der Waals surface area (Å²) in [5.74, 6) is 0.0607. The number of hydrogen-bond acceptors (Lipinski definition) is 3. The maximum atomic E-state index is 12.0. The van der Waals surface area contributed by atoms with E-state index in [1.165, 1.54) is 0 Å². The molecule has 1 amide bonds. The van der Waals surface area contributed by atoms with Gasteiger partial charge in [-0.1, -0.05) is 25.1 Å². The molecule has 0 fully saturated rings. The van der Waals surface area contributed by atoms with Gasteiger partial charge < -0.3 is 14.8 Å². The lowest BCUT2D eigenvalue weighted by Gasteiger charge is -2.18. The van der Waals surface area contributed by atoms with E-state index in [1.54, 1.807) is 6.07 Å². The molecule has 0 saturated heterocycles. The van der Waals surface area contributed by atoms with Crippen molar-refractivity contribution in [2.45, 2.75) is 19.9 Å². The Bertz CT molecular complexity index is 514. The van der Waals surface area contributed by atoms with E-state index in [2.05, 4.69) is 5.32 Å². The van der Waals surface area contributed by atoms with Crippen LogP contribution in [0.3, 0.4) is 0 Å². The van der Waals surface area contributed by atoms with Crippen LogP contribution in [-0.2, 0) is 0 Å². The monoisotopic (exact) mass is 247 g/mol. The van der Waals surface area contributed by atoms with E-state index in [-0.39, 0.29) is 24.5 Å². The van der Waals surface area contributed by atoms with E-state index in [0.29, 0.717) is 11.3 Å². The van der Waals surface area contributed by atoms with Crippen molar-refractivity contribution in [1.82, 2.24) is 5.32 Å². The average molecular weight is 247 g/mol. The van der Waals surface area contributed by atoms with Gasteiger partial charge in [0.05, 0.1) is 0 Å². The highest BCUT2D eigenvalue weighted by atomic mass is 16.3. The summed E-state index contributed by atoms with van der Waals surface area (Å²) in [6.45, 7) is 3.78. The number of aliphatic hydroxyl groups is 1. The van der Waals surface area contributed by atoms with Gasteiger partial charge in [0, 0.05) is 18.0 Å². The summed E-state index contributed by atoms with van der Waals surface area (Å²) in [5.41, 5.74) is 0.700. The minimum absolute atomic E-state index is 0.0123. The smallest absolute Gasteiger partial charge is 0.287 e. The number of furan rings is 1. The van der Waals surface area contributed by atoms with Gasteiger partial charge in [-0.2, -0.15) is 0 Å². The fraction of sp³-hybridized carbons (Fsp3) is 0.357. The van der Waals surface area contributed by atoms with Gasteiger partial charge in [-0.05, 0) is 25.0 Å². The number of benzene rings is 1. The predicted octanol–water partition coefficient (Wildman–Crippen LogP) is 2.18. The number of carbonyl (C=O) groups is 1. The minimum atomic E-state index is -0.251. The third kappa shape index (κ3) is 2.54. The number of nitrogens with one attached hydrogen (secondary N) is 1. The summed E-state index contributed by atoms with van der Waals surface area (Å²) >= 11 is 0. The maximum absolute atomic E-state index is 12.0. The first-order valence-electron chi connectivity index (χ1n) is 6.02. The van der Waals surface area contributed by atoms with E-state index in [1.807, 2.05) is 38.1 Å². The molecule has 0 aliphatic rings. The molecule has 2 N–H and O–H groups in total. The summed E-state index contributed by atoms with van der Waals surface area (Å²) in [6.07, 6.45) is 0. The van der Waals surface area contributed by atoms with Crippen molar-refractivity contribution < 1.29 is 14.3 Å². The van der Waals surface area contributed by atoms with Crippen LogP contribution in [0.4, 0.5) is 0 Å². The predicted molar refractivity (Wildman–Crippen MR) is 69.4 cm³/mol. The molecular weight excluding hydrogens is 230 g/mol. The van der Waals surface area contributed by atoms with Gasteiger partial charge in [0.25, 0.3) is 5.91 Å². The van der Waals surface area contributed by atoms with E-state index in [4.69, 9.17) is 9.52 Å². The fourth-order valence-corrected chi connectivity index (χ4v) is 1.67. The Morgan fingerprint density at radius 2 is 2.11 bits per heavy atom. The lowest BCUT2D eigenvalue weighted by molar-refractivity contribution is 0.0890. The summed E-state index contributed by atoms with van der Waals surface area (Å²) in [6, 6.07) is 9.11. The molecule has 2 aromatic rings. The number of amides is 1. The van der Waals surface area contributed by atoms with Crippen LogP contribution in [-0.4, -0.2) is 23.7 Å². The first-order valence-corrected chi connectivity index (χ1v) is 6.02. The molecule has 2 rings (SSSR count). The van der Waals surface area contributed by atoms with Crippen molar-refractivity contribution >= 4 is 16.9 Å². The first-order chi connectivity index (χ1) is 8.61. The molecule has 1 aromatic heterocycles. The molecule has 2 atom stereocenters. The summed E-state index contributed by atoms with van der Waals surface area (Å²) in [7, 11) is 0. The van der Waals surface area contributed by atoms with Crippen LogP contribution in [0.1, 0.15) is 24.4 Å². The Balaban J connectivity index is 2.13. The largest absolute Gasteiger partial charge is 0.451 e. The van der Waals surface area contributed by atoms with Gasteiger partial charge in [-0.25, -0.2) is 0 Å². The number of hydrogen-bond donors (Lipinski definition) is 2. The highest BCUT2D eigenvalue weighted by Gasteiger charge is 2.17. The minimum Gasteiger partial charge on any atom is -0.451 e. The Morgan fingerprint density at radius 3 is 2.78 bits per heavy atom. The molecule has 18 heavy (non-hydrogen) atoms. The zero-order valence-corrected chi connectivity index (χ0v) is 10.5. The highest BCUT2D eigenvalue weighted by Crippen LogP contribution is 2.18. The third-order valence-electron chi connectivity index (χ3n) is 3.15. The zero-order valence-electron chi connectivity index (χ0n) is 10.5. The number of carbonyl (C=O) groups excluding carboxylic acids is 1. The van der Waals surface area contributed by atoms with Crippen molar-refractivity contribution in [1.29, 1.82) is 0 Å². The molecule has 1 aromatic carbocycles. The van der Waals surface area contributed by atoms with Gasteiger partial charge in [-0.3, -0.25) is 4.79 Å². The highest BCUT2D eigenvalue weighted by molar-refractivity contribution is 5.96. The van der Waals surface area contributed by atoms with Crippen LogP contribution in [0.2, 0.25) is 0 Å². The lowest BCUT2D eigenvalue weighted by atomic mass is 10.1. The molecule has 96 valence electrons. The van der Waals surface area contributed by atoms with E-state index in [0.717, 1.165) is 5.39 Å². The second kappa shape index (κ2) is 5.23. The number of fused-ring (bicyclic) bond motifs is 1. The number of para-hydroxylation sites is 1. The van der Waals surface area contributed by atoms with E-state index < -0.39 is 0 Å². The van der Waals surface area contributed by atoms with Crippen LogP contribution in [0.15, 0.2) is 34.7 Å². The lowest BCUT2D eigenvalue weighted by Crippen LogP contribution is -2.38. The van der Waals surface area contributed by atoms with E-state index >= 15 is 0 Å². The van der Waals surface area contributed by atoms with Crippen molar-refractivity contribution in [2.75, 3.05) is 6.61 Å². The van der Waals surface area contributed by atoms with Gasteiger partial charge in [0.1, 0.15) is 5.58 Å². The standard InChI is InChI=1S/C14H17NO3/c1-9(8-16)10(2)15-14(17)13-7-11-5-3-4-6-12(11)18-13/h3-7,9-10,16H,8H2,1-2H3,(H,15,17). The quantitative estimate of drug-likeness (QED) is 0.870. The molecule has 0 bridgehead atoms. The van der Waals surface area contributed by atoms with Crippen molar-refractivity contribution in [3.63, 3.8) is 0 Å². The Morgan fingerprint density at radius 1 is 1.39 bits per heavy atom. The second-order valence-corrected chi connectivity index (χ2v) is 4.57. The zero-order chi connectivity index (χ0) is 13.1. The Labute approximate surface area is 106 Å². The van der Waals surface area contributed by atoms with Crippen LogP contribution in [0.5, 0.6) is 0 Å². The SMILES string of the molecule is CC(CO)C(C)NC(=O)c1cc2ccccc2o1. The second-order valence-electron chi connectivity index (χ2n) is 4.57. The molecule has 0 radical (unpaired) electrons. The van der Waals surface area contributed by atoms with Crippen LogP contribution < -0.4 is 5.32 Å². The van der Waals surface area contributed by atoms with Crippen LogP contribution in [0.25, 0.3) is 11.0 Å². The van der Waals surface area contributed by atoms with Crippen molar-refractivity contribution in [3.8, 4) is 0 Å². The van der Waals surface area contributed by atoms with Gasteiger partial charge >= 0.3 is 0 Å². The fourth-order valence-electron chi connectivity index (χ4n) is 1.67. The molecular formula is C14H17NO3. The van der Waals surface area contributed by atoms with Crippen molar-refractivity contribution in [3.05, 3.63) is 36.1 Å². The Hall–Kier alpha value is -1.81. The molecule has 1 heterocycles. The summed E-state index contributed by atoms with van der Waals surface area (Å²) < 4.78 is 5.47. The van der Waals surface area contributed by atoms with Crippen molar-refractivity contribution in [2.24, 2.45) is 5.92 Å². The van der Waals surface area contributed by atoms with Gasteiger partial charge in [-0.15, -0.1) is 0 Å². The normalized spacial score (nSPS) is 14.4.